The molecule has 3 fully saturated rings. The Kier molecular flexibility index (Phi) is 7.58. The number of carboxylic acids is 1. The zero-order chi connectivity index (χ0) is 25.7. The maximum Gasteiger partial charge on any atom is 0.303 e. The molecule has 0 aromatic rings. The van der Waals surface area contributed by atoms with Crippen molar-refractivity contribution in [3.8, 4) is 0 Å². The second-order valence-corrected chi connectivity index (χ2v) is 13.3. The first kappa shape index (κ1) is 27.5. The van der Waals surface area contributed by atoms with Crippen molar-refractivity contribution in [3.05, 3.63) is 24.3 Å². The molecule has 3 aliphatic carbocycles. The Morgan fingerprint density at radius 2 is 1.68 bits per heavy atom. The van der Waals surface area contributed by atoms with Gasteiger partial charge in [-0.25, -0.2) is 0 Å². The first-order valence-corrected chi connectivity index (χ1v) is 13.5. The summed E-state index contributed by atoms with van der Waals surface area (Å²) in [6.07, 6.45) is 8.06. The number of fused-ring (bicyclic) bond motifs is 3. The minimum absolute atomic E-state index is 0.0581. The summed E-state index contributed by atoms with van der Waals surface area (Å²) in [6.45, 7) is 21.5. The Labute approximate surface area is 207 Å². The van der Waals surface area contributed by atoms with Crippen molar-refractivity contribution in [1.82, 2.24) is 0 Å². The smallest absolute Gasteiger partial charge is 0.303 e. The molecule has 0 spiro atoms. The number of allylic oxidation sites excluding steroid dienone is 1. The van der Waals surface area contributed by atoms with Gasteiger partial charge in [-0.1, -0.05) is 45.1 Å². The van der Waals surface area contributed by atoms with Crippen LogP contribution in [0.1, 0.15) is 106 Å². The zero-order valence-electron chi connectivity index (χ0n) is 22.6. The van der Waals surface area contributed by atoms with Crippen LogP contribution < -0.4 is 0 Å². The maximum absolute atomic E-state index is 11.6. The fourth-order valence-corrected chi connectivity index (χ4v) is 9.25. The Morgan fingerprint density at radius 3 is 2.24 bits per heavy atom. The molecule has 0 amide bonds. The van der Waals surface area contributed by atoms with Crippen molar-refractivity contribution < 1.29 is 20.1 Å². The first-order chi connectivity index (χ1) is 15.6. The van der Waals surface area contributed by atoms with Crippen LogP contribution >= 0.6 is 0 Å². The van der Waals surface area contributed by atoms with Gasteiger partial charge in [0.25, 0.3) is 0 Å². The van der Waals surface area contributed by atoms with Gasteiger partial charge in [0.1, 0.15) is 0 Å². The van der Waals surface area contributed by atoms with E-state index in [1.54, 1.807) is 0 Å². The summed E-state index contributed by atoms with van der Waals surface area (Å²) >= 11 is 0. The number of hydrogen-bond donors (Lipinski definition) is 3. The van der Waals surface area contributed by atoms with Crippen LogP contribution in [0.15, 0.2) is 24.3 Å². The second-order valence-electron chi connectivity index (χ2n) is 13.3. The third-order valence-electron chi connectivity index (χ3n) is 11.4. The highest BCUT2D eigenvalue weighted by Crippen LogP contribution is 2.74. The molecule has 0 unspecified atom stereocenters. The van der Waals surface area contributed by atoms with E-state index < -0.39 is 17.7 Å². The quantitative estimate of drug-likeness (QED) is 0.323. The summed E-state index contributed by atoms with van der Waals surface area (Å²) in [6, 6.07) is 0. The molecule has 3 rings (SSSR count). The second kappa shape index (κ2) is 9.39. The summed E-state index contributed by atoms with van der Waals surface area (Å²) in [5, 5.41) is 31.4. The summed E-state index contributed by atoms with van der Waals surface area (Å²) in [5.41, 5.74) is 1.35. The van der Waals surface area contributed by atoms with Crippen molar-refractivity contribution in [1.29, 1.82) is 0 Å². The standard InChI is InChI=1S/C30H50O4/c1-19(2)21-11-17-29(7)25(27(21,5)15-14-26(32)33)10-9-22-23(12-16-28(22,29)6)30(8,34)18-13-24(31)20(3)4/h21-25,31,34H,1,3,9-18H2,2,4-8H3,(H,32,33)/t21-,22+,23-,24-,25+,27-,28+,29+,30-/m0/s1. The van der Waals surface area contributed by atoms with Crippen molar-refractivity contribution in [2.75, 3.05) is 0 Å². The van der Waals surface area contributed by atoms with Crippen molar-refractivity contribution >= 4 is 5.97 Å². The monoisotopic (exact) mass is 474 g/mol. The number of aliphatic hydroxyl groups excluding tert-OH is 1. The average molecular weight is 475 g/mol. The molecular weight excluding hydrogens is 424 g/mol. The van der Waals surface area contributed by atoms with E-state index in [1.807, 2.05) is 13.8 Å². The minimum Gasteiger partial charge on any atom is -0.481 e. The topological polar surface area (TPSA) is 77.8 Å². The molecule has 0 saturated heterocycles. The predicted molar refractivity (Wildman–Crippen MR) is 138 cm³/mol. The lowest BCUT2D eigenvalue weighted by Gasteiger charge is -2.66. The molecule has 3 aliphatic rings. The number of hydrogen-bond acceptors (Lipinski definition) is 3. The normalized spacial score (nSPS) is 42.2. The summed E-state index contributed by atoms with van der Waals surface area (Å²) < 4.78 is 0. The Balaban J connectivity index is 1.90. The van der Waals surface area contributed by atoms with Gasteiger partial charge in [-0.15, -0.1) is 0 Å². The third-order valence-corrected chi connectivity index (χ3v) is 11.4. The molecule has 3 saturated carbocycles. The molecule has 4 nitrogen and oxygen atoms in total. The zero-order valence-corrected chi connectivity index (χ0v) is 22.6. The molecule has 3 N–H and O–H groups in total. The number of carbonyl (C=O) groups is 1. The highest BCUT2D eigenvalue weighted by atomic mass is 16.4. The molecule has 194 valence electrons. The Bertz CT molecular complexity index is 815. The van der Waals surface area contributed by atoms with Crippen molar-refractivity contribution in [3.63, 3.8) is 0 Å². The predicted octanol–water partition coefficient (Wildman–Crippen LogP) is 6.76. The van der Waals surface area contributed by atoms with Gasteiger partial charge < -0.3 is 15.3 Å². The molecule has 0 radical (unpaired) electrons. The van der Waals surface area contributed by atoms with Crippen LogP contribution in [0.25, 0.3) is 0 Å². The third kappa shape index (κ3) is 4.43. The molecule has 9 atom stereocenters. The molecule has 0 heterocycles. The fraction of sp³-hybridized carbons (Fsp3) is 0.833. The lowest BCUT2D eigenvalue weighted by atomic mass is 9.38. The van der Waals surface area contributed by atoms with Crippen molar-refractivity contribution in [2.45, 2.75) is 117 Å². The maximum atomic E-state index is 11.6. The van der Waals surface area contributed by atoms with E-state index in [4.69, 9.17) is 0 Å². The average Bonchev–Trinajstić information content (AvgIpc) is 3.10. The van der Waals surface area contributed by atoms with Crippen LogP contribution in [0.5, 0.6) is 0 Å². The lowest BCUT2D eigenvalue weighted by molar-refractivity contribution is -0.179. The minimum atomic E-state index is -0.802. The van der Waals surface area contributed by atoms with Crippen molar-refractivity contribution in [2.24, 2.45) is 39.9 Å². The van der Waals surface area contributed by atoms with E-state index >= 15 is 0 Å². The highest BCUT2D eigenvalue weighted by molar-refractivity contribution is 5.66. The van der Waals surface area contributed by atoms with Crippen LogP contribution in [0.3, 0.4) is 0 Å². The van der Waals surface area contributed by atoms with E-state index in [-0.39, 0.29) is 28.6 Å². The van der Waals surface area contributed by atoms with E-state index in [0.29, 0.717) is 37.0 Å². The molecule has 0 aromatic heterocycles. The lowest BCUT2D eigenvalue weighted by Crippen LogP contribution is -2.60. The molecule has 0 aliphatic heterocycles. The van der Waals surface area contributed by atoms with Gasteiger partial charge in [0.15, 0.2) is 0 Å². The van der Waals surface area contributed by atoms with E-state index in [2.05, 4.69) is 40.9 Å². The van der Waals surface area contributed by atoms with Gasteiger partial charge in [-0.3, -0.25) is 4.79 Å². The first-order valence-electron chi connectivity index (χ1n) is 13.5. The van der Waals surface area contributed by atoms with Crippen LogP contribution in [0, 0.1) is 39.9 Å². The summed E-state index contributed by atoms with van der Waals surface area (Å²) in [4.78, 5) is 11.6. The summed E-state index contributed by atoms with van der Waals surface area (Å²) in [7, 11) is 0. The van der Waals surface area contributed by atoms with Gasteiger partial charge >= 0.3 is 5.97 Å². The molecular formula is C30H50O4. The SMILES string of the molecule is C=C(C)[C@@H](O)CC[C@](C)(O)[C@H]1CC[C@]2(C)[C@@H]1CC[C@@H]1[C@@](C)(CCC(=O)O)[C@H](C(=C)C)CC[C@]12C. The van der Waals surface area contributed by atoms with E-state index in [9.17, 15) is 20.1 Å². The number of aliphatic carboxylic acids is 1. The Hall–Kier alpha value is -1.13. The highest BCUT2D eigenvalue weighted by Gasteiger charge is 2.67. The van der Waals surface area contributed by atoms with E-state index in [0.717, 1.165) is 44.1 Å². The van der Waals surface area contributed by atoms with Gasteiger partial charge in [-0.05, 0) is 118 Å². The number of rotatable bonds is 9. The molecule has 4 heteroatoms. The van der Waals surface area contributed by atoms with Crippen LogP contribution in [0.2, 0.25) is 0 Å². The number of carboxylic acid groups (broad SMARTS) is 1. The van der Waals surface area contributed by atoms with E-state index in [1.165, 1.54) is 5.57 Å². The Morgan fingerprint density at radius 1 is 1.06 bits per heavy atom. The van der Waals surface area contributed by atoms with Gasteiger partial charge in [0.05, 0.1) is 11.7 Å². The molecule has 34 heavy (non-hydrogen) atoms. The fourth-order valence-electron chi connectivity index (χ4n) is 9.25. The molecule has 0 aromatic carbocycles. The van der Waals surface area contributed by atoms with Crippen LogP contribution in [0.4, 0.5) is 0 Å². The van der Waals surface area contributed by atoms with Gasteiger partial charge in [0, 0.05) is 6.42 Å². The molecule has 0 bridgehead atoms. The largest absolute Gasteiger partial charge is 0.481 e. The number of aliphatic hydroxyl groups is 2. The van der Waals surface area contributed by atoms with Crippen LogP contribution in [-0.2, 0) is 4.79 Å². The summed E-state index contributed by atoms with van der Waals surface area (Å²) in [5.74, 6) is 0.814. The van der Waals surface area contributed by atoms with Crippen LogP contribution in [-0.4, -0.2) is 33.0 Å². The van der Waals surface area contributed by atoms with Gasteiger partial charge in [0.2, 0.25) is 0 Å². The van der Waals surface area contributed by atoms with Gasteiger partial charge in [-0.2, -0.15) is 0 Å².